The van der Waals surface area contributed by atoms with E-state index in [4.69, 9.17) is 4.74 Å². The number of nitrogens with one attached hydrogen (secondary N) is 2. The van der Waals surface area contributed by atoms with Crippen LogP contribution in [-0.2, 0) is 14.3 Å². The molecule has 9 nitrogen and oxygen atoms in total. The van der Waals surface area contributed by atoms with Crippen molar-refractivity contribution >= 4 is 24.6 Å². The molecule has 168 valence electrons. The van der Waals surface area contributed by atoms with Crippen LogP contribution >= 0.6 is 0 Å². The summed E-state index contributed by atoms with van der Waals surface area (Å²) in [6.45, 7) is 10.1. The van der Waals surface area contributed by atoms with Crippen molar-refractivity contribution in [3.8, 4) is 6.07 Å². The Bertz CT molecular complexity index is 807. The minimum absolute atomic E-state index is 0.0770. The second kappa shape index (κ2) is 13.0. The highest BCUT2D eigenvalue weighted by atomic mass is 16.5. The van der Waals surface area contributed by atoms with Gasteiger partial charge in [0.05, 0.1) is 18.7 Å². The van der Waals surface area contributed by atoms with E-state index < -0.39 is 17.6 Å². The zero-order valence-corrected chi connectivity index (χ0v) is 18.6. The van der Waals surface area contributed by atoms with Crippen molar-refractivity contribution in [1.29, 1.82) is 5.26 Å². The second-order valence-corrected chi connectivity index (χ2v) is 7.70. The summed E-state index contributed by atoms with van der Waals surface area (Å²) in [5, 5.41) is 14.8. The first kappa shape index (κ1) is 25.6. The Balaban J connectivity index is 2.88. The average molecular weight is 430 g/mol. The monoisotopic (exact) mass is 429 g/mol. The van der Waals surface area contributed by atoms with Crippen LogP contribution in [0, 0.1) is 23.2 Å². The number of carbonyl (C=O) groups is 2. The lowest BCUT2D eigenvalue weighted by Crippen LogP contribution is -2.47. The molecule has 2 atom stereocenters. The molecule has 1 rings (SSSR count). The van der Waals surface area contributed by atoms with Gasteiger partial charge in [-0.1, -0.05) is 26.5 Å². The van der Waals surface area contributed by atoms with Crippen LogP contribution in [0.5, 0.6) is 0 Å². The molecular weight excluding hydrogens is 398 g/mol. The SMILES string of the molecule is C=C/C(=C\C=NCNC(=O)OC)C1=CN=C(OC[C@](C)(CC(C)C)NC=O)C(C#N)C1. The predicted octanol–water partition coefficient (Wildman–Crippen LogP) is 2.88. The van der Waals surface area contributed by atoms with E-state index in [1.807, 2.05) is 6.92 Å². The Labute approximate surface area is 183 Å². The fourth-order valence-corrected chi connectivity index (χ4v) is 3.13. The summed E-state index contributed by atoms with van der Waals surface area (Å²) >= 11 is 0. The summed E-state index contributed by atoms with van der Waals surface area (Å²) in [6, 6.07) is 2.22. The number of amides is 2. The van der Waals surface area contributed by atoms with Crippen LogP contribution in [0.3, 0.4) is 0 Å². The van der Waals surface area contributed by atoms with E-state index in [-0.39, 0.29) is 13.3 Å². The molecule has 0 aromatic carbocycles. The first-order valence-corrected chi connectivity index (χ1v) is 9.93. The number of hydrogen-bond donors (Lipinski definition) is 2. The largest absolute Gasteiger partial charge is 0.477 e. The topological polar surface area (TPSA) is 125 Å². The van der Waals surface area contributed by atoms with Crippen molar-refractivity contribution < 1.29 is 19.1 Å². The molecule has 31 heavy (non-hydrogen) atoms. The first-order valence-electron chi connectivity index (χ1n) is 9.93. The third-order valence-electron chi connectivity index (χ3n) is 4.48. The molecule has 0 aliphatic carbocycles. The second-order valence-electron chi connectivity index (χ2n) is 7.70. The summed E-state index contributed by atoms with van der Waals surface area (Å²) in [5.74, 6) is 0.131. The van der Waals surface area contributed by atoms with E-state index in [1.165, 1.54) is 13.3 Å². The number of methoxy groups -OCH3 is 1. The van der Waals surface area contributed by atoms with E-state index in [0.29, 0.717) is 24.6 Å². The van der Waals surface area contributed by atoms with Crippen LogP contribution in [-0.4, -0.2) is 50.5 Å². The number of carbonyl (C=O) groups excluding carboxylic acids is 2. The zero-order chi connectivity index (χ0) is 23.3. The molecular formula is C22H31N5O4. The lowest BCUT2D eigenvalue weighted by molar-refractivity contribution is -0.111. The van der Waals surface area contributed by atoms with Crippen molar-refractivity contribution in [2.45, 2.75) is 39.2 Å². The van der Waals surface area contributed by atoms with Gasteiger partial charge in [-0.3, -0.25) is 9.79 Å². The van der Waals surface area contributed by atoms with Crippen LogP contribution in [0.1, 0.15) is 33.6 Å². The van der Waals surface area contributed by atoms with Crippen molar-refractivity contribution in [2.24, 2.45) is 21.8 Å². The minimum atomic E-state index is -0.563. The van der Waals surface area contributed by atoms with E-state index in [2.05, 4.69) is 51.9 Å². The highest BCUT2D eigenvalue weighted by molar-refractivity contribution is 5.84. The molecule has 0 saturated carbocycles. The Morgan fingerprint density at radius 3 is 2.87 bits per heavy atom. The summed E-state index contributed by atoms with van der Waals surface area (Å²) in [7, 11) is 1.28. The maximum absolute atomic E-state index is 11.0. The molecule has 1 aliphatic rings. The van der Waals surface area contributed by atoms with Crippen molar-refractivity contribution in [3.05, 3.63) is 36.1 Å². The molecule has 0 aromatic rings. The molecule has 0 spiro atoms. The summed E-state index contributed by atoms with van der Waals surface area (Å²) < 4.78 is 10.3. The van der Waals surface area contributed by atoms with Crippen LogP contribution in [0.15, 0.2) is 46.1 Å². The Morgan fingerprint density at radius 1 is 1.55 bits per heavy atom. The molecule has 1 unspecified atom stereocenters. The summed E-state index contributed by atoms with van der Waals surface area (Å²) in [5.41, 5.74) is 1.03. The van der Waals surface area contributed by atoms with E-state index in [0.717, 1.165) is 17.6 Å². The molecule has 1 aliphatic heterocycles. The van der Waals surface area contributed by atoms with Gasteiger partial charge in [-0.15, -0.1) is 0 Å². The maximum atomic E-state index is 11.0. The van der Waals surface area contributed by atoms with Crippen LogP contribution in [0.4, 0.5) is 4.79 Å². The van der Waals surface area contributed by atoms with Crippen molar-refractivity contribution in [1.82, 2.24) is 10.6 Å². The molecule has 1 heterocycles. The molecule has 0 fully saturated rings. The maximum Gasteiger partial charge on any atom is 0.408 e. The van der Waals surface area contributed by atoms with Gasteiger partial charge in [-0.2, -0.15) is 5.26 Å². The standard InChI is InChI=1S/C22H31N5O4/c1-6-17(7-8-24-14-26-21(29)30-5)19-9-18(11-23)20(25-12-19)31-13-22(4,27-15-28)10-16(2)3/h6-8,12,15-16,18H,1,9-10,13-14H2,2-5H3,(H,26,29)(H,27,28)/b17-7+,24-8?/t18?,22-/m0/s1. The lowest BCUT2D eigenvalue weighted by Gasteiger charge is -2.31. The predicted molar refractivity (Wildman–Crippen MR) is 119 cm³/mol. The molecule has 2 N–H and O–H groups in total. The van der Waals surface area contributed by atoms with E-state index in [1.54, 1.807) is 18.4 Å². The Kier molecular flexibility index (Phi) is 10.8. The van der Waals surface area contributed by atoms with Crippen LogP contribution in [0.2, 0.25) is 0 Å². The van der Waals surface area contributed by atoms with Crippen LogP contribution < -0.4 is 10.6 Å². The Hall–Kier alpha value is -3.41. The number of alkyl carbamates (subject to hydrolysis) is 1. The first-order chi connectivity index (χ1) is 14.8. The number of rotatable bonds is 11. The number of ether oxygens (including phenoxy) is 2. The molecule has 9 heteroatoms. The third kappa shape index (κ3) is 8.86. The highest BCUT2D eigenvalue weighted by Crippen LogP contribution is 2.26. The number of nitriles is 1. The van der Waals surface area contributed by atoms with Gasteiger partial charge >= 0.3 is 6.09 Å². The molecule has 0 bridgehead atoms. The minimum Gasteiger partial charge on any atom is -0.477 e. The zero-order valence-electron chi connectivity index (χ0n) is 18.6. The van der Waals surface area contributed by atoms with Gasteiger partial charge in [0.25, 0.3) is 0 Å². The van der Waals surface area contributed by atoms with Gasteiger partial charge in [0.2, 0.25) is 12.3 Å². The summed E-state index contributed by atoms with van der Waals surface area (Å²) in [6.07, 6.45) is 7.78. The smallest absolute Gasteiger partial charge is 0.408 e. The number of allylic oxidation sites excluding steroid dienone is 4. The van der Waals surface area contributed by atoms with Gasteiger partial charge in [-0.05, 0) is 42.9 Å². The number of nitrogens with zero attached hydrogens (tertiary/aromatic N) is 3. The van der Waals surface area contributed by atoms with Gasteiger partial charge in [0.15, 0.2) is 0 Å². The van der Waals surface area contributed by atoms with E-state index in [9.17, 15) is 14.9 Å². The lowest BCUT2D eigenvalue weighted by atomic mass is 9.91. The molecule has 0 saturated heterocycles. The highest BCUT2D eigenvalue weighted by Gasteiger charge is 2.29. The van der Waals surface area contributed by atoms with Gasteiger partial charge in [-0.25, -0.2) is 9.79 Å². The quantitative estimate of drug-likeness (QED) is 0.297. The normalized spacial score (nSPS) is 18.3. The number of hydrogen-bond acceptors (Lipinski definition) is 7. The molecule has 0 aromatic heterocycles. The Morgan fingerprint density at radius 2 is 2.29 bits per heavy atom. The molecule has 0 radical (unpaired) electrons. The molecule has 2 amide bonds. The van der Waals surface area contributed by atoms with E-state index >= 15 is 0 Å². The number of aliphatic imine (C=N–C) groups is 2. The van der Waals surface area contributed by atoms with Crippen LogP contribution in [0.25, 0.3) is 0 Å². The average Bonchev–Trinajstić information content (AvgIpc) is 2.74. The fraction of sp³-hybridized carbons (Fsp3) is 0.500. The van der Waals surface area contributed by atoms with Crippen molar-refractivity contribution in [3.63, 3.8) is 0 Å². The fourth-order valence-electron chi connectivity index (χ4n) is 3.13. The van der Waals surface area contributed by atoms with Gasteiger partial charge in [0.1, 0.15) is 19.2 Å². The van der Waals surface area contributed by atoms with Crippen molar-refractivity contribution in [2.75, 3.05) is 20.4 Å². The van der Waals surface area contributed by atoms with Gasteiger partial charge in [0, 0.05) is 12.4 Å². The third-order valence-corrected chi connectivity index (χ3v) is 4.48. The summed E-state index contributed by atoms with van der Waals surface area (Å²) in [4.78, 5) is 30.4. The van der Waals surface area contributed by atoms with Gasteiger partial charge < -0.3 is 20.1 Å².